The summed E-state index contributed by atoms with van der Waals surface area (Å²) in [5.41, 5.74) is 6.28. The Kier molecular flexibility index (Phi) is 1.59. The summed E-state index contributed by atoms with van der Waals surface area (Å²) >= 11 is 0. The molecule has 0 bridgehead atoms. The Morgan fingerprint density at radius 3 is 3.15 bits per heavy atom. The minimum absolute atomic E-state index is 0.590. The normalized spacial score (nSPS) is 10.2. The molecular formula is C7H7N5O. The number of anilines is 1. The van der Waals surface area contributed by atoms with Crippen LogP contribution in [0.25, 0.3) is 5.65 Å². The van der Waals surface area contributed by atoms with Crippen LogP contribution < -0.4 is 11.1 Å². The lowest BCUT2D eigenvalue weighted by molar-refractivity contribution is 0.259. The maximum atomic E-state index is 10.5. The van der Waals surface area contributed by atoms with Gasteiger partial charge in [0.05, 0.1) is 5.69 Å². The fourth-order valence-corrected chi connectivity index (χ4v) is 1.04. The third-order valence-corrected chi connectivity index (χ3v) is 1.56. The van der Waals surface area contributed by atoms with Crippen LogP contribution in [0.1, 0.15) is 0 Å². The topological polar surface area (TPSA) is 85.3 Å². The van der Waals surface area contributed by atoms with Crippen LogP contribution in [0, 0.1) is 0 Å². The minimum Gasteiger partial charge on any atom is -0.351 e. The lowest BCUT2D eigenvalue weighted by atomic mass is 10.4. The van der Waals surface area contributed by atoms with Crippen molar-refractivity contribution in [1.29, 1.82) is 0 Å². The largest absolute Gasteiger partial charge is 0.351 e. The van der Waals surface area contributed by atoms with Gasteiger partial charge in [0.25, 0.3) is 0 Å². The third-order valence-electron chi connectivity index (χ3n) is 1.56. The number of hydrogen-bond donors (Lipinski definition) is 2. The zero-order valence-corrected chi connectivity index (χ0v) is 6.64. The van der Waals surface area contributed by atoms with Crippen molar-refractivity contribution >= 4 is 17.4 Å². The van der Waals surface area contributed by atoms with E-state index in [0.717, 1.165) is 5.65 Å². The lowest BCUT2D eigenvalue weighted by Gasteiger charge is -2.00. The summed E-state index contributed by atoms with van der Waals surface area (Å²) in [6.45, 7) is 0. The van der Waals surface area contributed by atoms with Gasteiger partial charge in [-0.2, -0.15) is 0 Å². The highest BCUT2D eigenvalue weighted by Crippen LogP contribution is 2.07. The van der Waals surface area contributed by atoms with Gasteiger partial charge in [-0.05, 0) is 12.1 Å². The summed E-state index contributed by atoms with van der Waals surface area (Å²) < 4.78 is 1.69. The fraction of sp³-hybridized carbons (Fsp3) is 0. The molecule has 2 aromatic heterocycles. The van der Waals surface area contributed by atoms with Crippen molar-refractivity contribution in [3.63, 3.8) is 0 Å². The first-order valence-electron chi connectivity index (χ1n) is 3.61. The van der Waals surface area contributed by atoms with Crippen molar-refractivity contribution in [2.24, 2.45) is 5.73 Å². The molecule has 2 amide bonds. The summed E-state index contributed by atoms with van der Waals surface area (Å²) in [6, 6.07) is 2.85. The number of nitrogens with one attached hydrogen (secondary N) is 1. The zero-order chi connectivity index (χ0) is 9.26. The minimum atomic E-state index is -0.590. The molecule has 0 saturated heterocycles. The van der Waals surface area contributed by atoms with Gasteiger partial charge in [-0.15, -0.1) is 10.2 Å². The zero-order valence-electron chi connectivity index (χ0n) is 6.64. The summed E-state index contributed by atoms with van der Waals surface area (Å²) in [5.74, 6) is 0. The first-order valence-corrected chi connectivity index (χ1v) is 3.61. The van der Waals surface area contributed by atoms with Crippen molar-refractivity contribution < 1.29 is 4.79 Å². The highest BCUT2D eigenvalue weighted by molar-refractivity contribution is 5.87. The smallest absolute Gasteiger partial charge is 0.316 e. The van der Waals surface area contributed by atoms with Gasteiger partial charge in [0.1, 0.15) is 6.33 Å². The summed E-state index contributed by atoms with van der Waals surface area (Å²) in [7, 11) is 0. The number of pyridine rings is 1. The number of carbonyl (C=O) groups excluding carboxylic acids is 1. The maximum absolute atomic E-state index is 10.5. The molecule has 0 aliphatic carbocycles. The number of amides is 2. The molecule has 0 fully saturated rings. The molecule has 0 saturated carbocycles. The van der Waals surface area contributed by atoms with Gasteiger partial charge in [0, 0.05) is 6.20 Å². The number of urea groups is 1. The van der Waals surface area contributed by atoms with E-state index in [1.165, 1.54) is 0 Å². The molecule has 0 unspecified atom stereocenters. The molecule has 0 spiro atoms. The van der Waals surface area contributed by atoms with Crippen LogP contribution in [0.3, 0.4) is 0 Å². The van der Waals surface area contributed by atoms with E-state index in [0.29, 0.717) is 5.69 Å². The number of hydrogen-bond acceptors (Lipinski definition) is 3. The fourth-order valence-electron chi connectivity index (χ4n) is 1.04. The monoisotopic (exact) mass is 177 g/mol. The Balaban J connectivity index is 2.42. The molecule has 0 aliphatic rings. The van der Waals surface area contributed by atoms with Gasteiger partial charge in [-0.3, -0.25) is 4.40 Å². The van der Waals surface area contributed by atoms with Crippen LogP contribution in [-0.4, -0.2) is 20.6 Å². The second-order valence-corrected chi connectivity index (χ2v) is 2.50. The van der Waals surface area contributed by atoms with E-state index in [1.54, 1.807) is 29.1 Å². The Hall–Kier alpha value is -2.11. The highest BCUT2D eigenvalue weighted by Gasteiger charge is 1.98. The van der Waals surface area contributed by atoms with Gasteiger partial charge in [0.2, 0.25) is 0 Å². The van der Waals surface area contributed by atoms with Gasteiger partial charge in [0.15, 0.2) is 5.65 Å². The van der Waals surface area contributed by atoms with E-state index < -0.39 is 6.03 Å². The Labute approximate surface area is 73.4 Å². The van der Waals surface area contributed by atoms with Crippen molar-refractivity contribution in [3.05, 3.63) is 24.7 Å². The Morgan fingerprint density at radius 2 is 2.38 bits per heavy atom. The van der Waals surface area contributed by atoms with Crippen LogP contribution in [0.15, 0.2) is 24.7 Å². The van der Waals surface area contributed by atoms with Crippen molar-refractivity contribution in [3.8, 4) is 0 Å². The Bertz CT molecular complexity index is 449. The molecule has 2 aromatic rings. The first-order chi connectivity index (χ1) is 6.25. The van der Waals surface area contributed by atoms with Crippen molar-refractivity contribution in [2.45, 2.75) is 0 Å². The van der Waals surface area contributed by atoms with E-state index in [1.807, 2.05) is 0 Å². The number of carbonyl (C=O) groups is 1. The van der Waals surface area contributed by atoms with Crippen LogP contribution in [0.4, 0.5) is 10.5 Å². The SMILES string of the molecule is NC(=O)Nc1ccc2nncn2c1. The summed E-state index contributed by atoms with van der Waals surface area (Å²) in [5, 5.41) is 9.95. The highest BCUT2D eigenvalue weighted by atomic mass is 16.2. The molecule has 2 rings (SSSR count). The van der Waals surface area contributed by atoms with Gasteiger partial charge in [-0.25, -0.2) is 4.79 Å². The number of fused-ring (bicyclic) bond motifs is 1. The van der Waals surface area contributed by atoms with E-state index in [2.05, 4.69) is 15.5 Å². The summed E-state index contributed by atoms with van der Waals surface area (Å²) in [4.78, 5) is 10.5. The van der Waals surface area contributed by atoms with E-state index in [9.17, 15) is 4.79 Å². The van der Waals surface area contributed by atoms with E-state index >= 15 is 0 Å². The van der Waals surface area contributed by atoms with Crippen molar-refractivity contribution in [2.75, 3.05) is 5.32 Å². The van der Waals surface area contributed by atoms with Gasteiger partial charge >= 0.3 is 6.03 Å². The molecular weight excluding hydrogens is 170 g/mol. The predicted octanol–water partition coefficient (Wildman–Crippen LogP) is 0.220. The summed E-state index contributed by atoms with van der Waals surface area (Å²) in [6.07, 6.45) is 3.22. The van der Waals surface area contributed by atoms with Crippen LogP contribution in [0.2, 0.25) is 0 Å². The van der Waals surface area contributed by atoms with E-state index in [4.69, 9.17) is 5.73 Å². The molecule has 0 aromatic carbocycles. The number of aromatic nitrogens is 3. The third kappa shape index (κ3) is 1.41. The molecule has 6 nitrogen and oxygen atoms in total. The van der Waals surface area contributed by atoms with Gasteiger partial charge < -0.3 is 11.1 Å². The second-order valence-electron chi connectivity index (χ2n) is 2.50. The lowest BCUT2D eigenvalue weighted by Crippen LogP contribution is -2.19. The number of primary amides is 1. The van der Waals surface area contributed by atoms with Crippen LogP contribution >= 0.6 is 0 Å². The number of nitrogens with zero attached hydrogens (tertiary/aromatic N) is 3. The van der Waals surface area contributed by atoms with Crippen LogP contribution in [0.5, 0.6) is 0 Å². The number of rotatable bonds is 1. The Morgan fingerprint density at radius 1 is 1.54 bits per heavy atom. The molecule has 13 heavy (non-hydrogen) atoms. The molecule has 6 heteroatoms. The molecule has 0 radical (unpaired) electrons. The quantitative estimate of drug-likeness (QED) is 0.653. The second kappa shape index (κ2) is 2.74. The standard InChI is InChI=1S/C7H7N5O/c8-7(13)10-5-1-2-6-11-9-4-12(6)3-5/h1-4H,(H3,8,10,13). The maximum Gasteiger partial charge on any atom is 0.316 e. The predicted molar refractivity (Wildman–Crippen MR) is 46.2 cm³/mol. The molecule has 2 heterocycles. The molecule has 3 N–H and O–H groups in total. The van der Waals surface area contributed by atoms with Gasteiger partial charge in [-0.1, -0.05) is 0 Å². The molecule has 0 aliphatic heterocycles. The molecule has 66 valence electrons. The first kappa shape index (κ1) is 7.53. The van der Waals surface area contributed by atoms with Crippen molar-refractivity contribution in [1.82, 2.24) is 14.6 Å². The number of nitrogens with two attached hydrogens (primary N) is 1. The molecule has 0 atom stereocenters. The van der Waals surface area contributed by atoms with E-state index in [-0.39, 0.29) is 0 Å². The average Bonchev–Trinajstić information content (AvgIpc) is 2.49. The van der Waals surface area contributed by atoms with Crippen LogP contribution in [-0.2, 0) is 0 Å². The average molecular weight is 177 g/mol.